The molecule has 2 nitrogen and oxygen atoms in total. The topological polar surface area (TPSA) is 24.1 Å². The molecule has 2 aromatic carbocycles. The largest absolute Gasteiger partial charge is 0.353 e. The number of benzene rings is 2. The van der Waals surface area contributed by atoms with Crippen molar-refractivity contribution in [3.8, 4) is 0 Å². The zero-order chi connectivity index (χ0) is 15.0. The highest BCUT2D eigenvalue weighted by Crippen LogP contribution is 2.38. The molecule has 2 aromatic rings. The van der Waals surface area contributed by atoms with Crippen LogP contribution in [0, 0.1) is 11.6 Å². The summed E-state index contributed by atoms with van der Waals surface area (Å²) < 4.78 is 26.2. The second kappa shape index (κ2) is 5.07. The smallest absolute Gasteiger partial charge is 0.167 e. The van der Waals surface area contributed by atoms with Crippen LogP contribution in [0.3, 0.4) is 0 Å². The maximum atomic E-state index is 13.1. The van der Waals surface area contributed by atoms with Gasteiger partial charge in [0.25, 0.3) is 0 Å². The summed E-state index contributed by atoms with van der Waals surface area (Å²) in [5.74, 6) is -0.565. The molecule has 1 aliphatic rings. The summed E-state index contributed by atoms with van der Waals surface area (Å²) in [5, 5.41) is 6.95. The predicted octanol–water partition coefficient (Wildman–Crippen LogP) is 3.40. The number of hydrogen-bond acceptors (Lipinski definition) is 1. The molecule has 2 atom stereocenters. The first kappa shape index (κ1) is 13.9. The van der Waals surface area contributed by atoms with E-state index in [1.807, 2.05) is 6.92 Å². The first-order valence-electron chi connectivity index (χ1n) is 6.59. The lowest BCUT2D eigenvalue weighted by atomic mass is 9.82. The summed E-state index contributed by atoms with van der Waals surface area (Å²) >= 11 is 5.23. The Morgan fingerprint density at radius 1 is 0.952 bits per heavy atom. The van der Waals surface area contributed by atoms with Crippen LogP contribution >= 0.6 is 12.2 Å². The van der Waals surface area contributed by atoms with Crippen molar-refractivity contribution in [1.29, 1.82) is 0 Å². The molecule has 1 saturated heterocycles. The fourth-order valence-electron chi connectivity index (χ4n) is 2.73. The number of rotatable bonds is 2. The number of thiocarbonyl (C=S) groups is 1. The average Bonchev–Trinajstić information content (AvgIpc) is 2.76. The quantitative estimate of drug-likeness (QED) is 0.832. The lowest BCUT2D eigenvalue weighted by molar-refractivity contribution is 0.378. The van der Waals surface area contributed by atoms with Crippen molar-refractivity contribution in [1.82, 2.24) is 10.6 Å². The Kier molecular flexibility index (Phi) is 3.37. The summed E-state index contributed by atoms with van der Waals surface area (Å²) in [6.45, 7) is 1.99. The van der Waals surface area contributed by atoms with Gasteiger partial charge in [-0.05, 0) is 54.5 Å². The highest BCUT2D eigenvalue weighted by molar-refractivity contribution is 7.80. The van der Waals surface area contributed by atoms with Crippen LogP contribution in [-0.4, -0.2) is 5.11 Å². The van der Waals surface area contributed by atoms with Crippen LogP contribution in [0.4, 0.5) is 8.78 Å². The molecular weight excluding hydrogens is 290 g/mol. The van der Waals surface area contributed by atoms with Crippen molar-refractivity contribution in [2.24, 2.45) is 0 Å². The molecule has 2 N–H and O–H groups in total. The van der Waals surface area contributed by atoms with E-state index in [4.69, 9.17) is 12.2 Å². The lowest BCUT2D eigenvalue weighted by Gasteiger charge is -2.31. The molecule has 0 aromatic heterocycles. The fraction of sp³-hybridized carbons (Fsp3) is 0.188. The van der Waals surface area contributed by atoms with Crippen molar-refractivity contribution in [3.63, 3.8) is 0 Å². The third kappa shape index (κ3) is 2.49. The Morgan fingerprint density at radius 2 is 1.48 bits per heavy atom. The van der Waals surface area contributed by atoms with E-state index in [2.05, 4.69) is 10.6 Å². The zero-order valence-electron chi connectivity index (χ0n) is 11.4. The highest BCUT2D eigenvalue weighted by atomic mass is 32.1. The van der Waals surface area contributed by atoms with Gasteiger partial charge < -0.3 is 10.6 Å². The molecule has 5 heteroatoms. The molecule has 108 valence electrons. The third-order valence-electron chi connectivity index (χ3n) is 3.87. The van der Waals surface area contributed by atoms with Gasteiger partial charge in [0.2, 0.25) is 0 Å². The molecule has 0 aliphatic carbocycles. The van der Waals surface area contributed by atoms with E-state index >= 15 is 0 Å². The Bertz CT molecular complexity index is 670. The van der Waals surface area contributed by atoms with E-state index in [1.54, 1.807) is 24.3 Å². The molecule has 1 aliphatic heterocycles. The van der Waals surface area contributed by atoms with Crippen molar-refractivity contribution in [3.05, 3.63) is 71.3 Å². The summed E-state index contributed by atoms with van der Waals surface area (Å²) in [7, 11) is 0. The van der Waals surface area contributed by atoms with Crippen molar-refractivity contribution in [2.45, 2.75) is 18.5 Å². The maximum absolute atomic E-state index is 13.1. The standard InChI is InChI=1S/C16H14F2N2S/c1-16(11-4-8-13(18)9-5-11)14(19-15(21)20-16)10-2-6-12(17)7-3-10/h2-9,14H,1H3,(H2,19,20,21). The number of halogens is 2. The minimum Gasteiger partial charge on any atom is -0.353 e. The summed E-state index contributed by atoms with van der Waals surface area (Å²) in [4.78, 5) is 0. The van der Waals surface area contributed by atoms with Crippen LogP contribution < -0.4 is 10.6 Å². The van der Waals surface area contributed by atoms with Crippen LogP contribution in [0.2, 0.25) is 0 Å². The van der Waals surface area contributed by atoms with Crippen LogP contribution in [0.1, 0.15) is 24.1 Å². The third-order valence-corrected chi connectivity index (χ3v) is 4.09. The Hall–Kier alpha value is -2.01. The van der Waals surface area contributed by atoms with Gasteiger partial charge in [0.15, 0.2) is 5.11 Å². The monoisotopic (exact) mass is 304 g/mol. The van der Waals surface area contributed by atoms with Crippen LogP contribution in [0.25, 0.3) is 0 Å². The molecule has 0 amide bonds. The van der Waals surface area contributed by atoms with Gasteiger partial charge in [0.1, 0.15) is 11.6 Å². The summed E-state index contributed by atoms with van der Waals surface area (Å²) in [6, 6.07) is 12.4. The zero-order valence-corrected chi connectivity index (χ0v) is 12.2. The Labute approximate surface area is 127 Å². The van der Waals surface area contributed by atoms with Crippen molar-refractivity contribution < 1.29 is 8.78 Å². The van der Waals surface area contributed by atoms with E-state index < -0.39 is 5.54 Å². The maximum Gasteiger partial charge on any atom is 0.167 e. The molecule has 21 heavy (non-hydrogen) atoms. The molecule has 0 radical (unpaired) electrons. The minimum atomic E-state index is -0.525. The molecule has 1 fully saturated rings. The van der Waals surface area contributed by atoms with Gasteiger partial charge >= 0.3 is 0 Å². The van der Waals surface area contributed by atoms with Gasteiger partial charge in [-0.3, -0.25) is 0 Å². The fourth-order valence-corrected chi connectivity index (χ4v) is 3.06. The van der Waals surface area contributed by atoms with E-state index in [9.17, 15) is 8.78 Å². The van der Waals surface area contributed by atoms with E-state index in [1.165, 1.54) is 24.3 Å². The van der Waals surface area contributed by atoms with E-state index in [0.717, 1.165) is 11.1 Å². The van der Waals surface area contributed by atoms with Gasteiger partial charge in [0.05, 0.1) is 11.6 Å². The van der Waals surface area contributed by atoms with Gasteiger partial charge in [-0.25, -0.2) is 8.78 Å². The van der Waals surface area contributed by atoms with Crippen molar-refractivity contribution in [2.75, 3.05) is 0 Å². The second-order valence-corrected chi connectivity index (χ2v) is 5.70. The van der Waals surface area contributed by atoms with Crippen molar-refractivity contribution >= 4 is 17.3 Å². The molecule has 1 heterocycles. The minimum absolute atomic E-state index is 0.156. The van der Waals surface area contributed by atoms with E-state index in [-0.39, 0.29) is 17.7 Å². The lowest BCUT2D eigenvalue weighted by Crippen LogP contribution is -2.39. The van der Waals surface area contributed by atoms with Crippen LogP contribution in [0.15, 0.2) is 48.5 Å². The van der Waals surface area contributed by atoms with Crippen LogP contribution in [0.5, 0.6) is 0 Å². The highest BCUT2D eigenvalue weighted by Gasteiger charge is 2.43. The van der Waals surface area contributed by atoms with E-state index in [0.29, 0.717) is 5.11 Å². The van der Waals surface area contributed by atoms with Gasteiger partial charge in [-0.1, -0.05) is 24.3 Å². The first-order chi connectivity index (χ1) is 9.99. The molecule has 0 bridgehead atoms. The summed E-state index contributed by atoms with van der Waals surface area (Å²) in [6.07, 6.45) is 0. The van der Waals surface area contributed by atoms with Gasteiger partial charge in [0, 0.05) is 0 Å². The first-order valence-corrected chi connectivity index (χ1v) is 7.00. The second-order valence-electron chi connectivity index (χ2n) is 5.29. The molecule has 0 saturated carbocycles. The number of hydrogen-bond donors (Lipinski definition) is 2. The van der Waals surface area contributed by atoms with Crippen LogP contribution in [-0.2, 0) is 5.54 Å². The normalized spacial score (nSPS) is 24.5. The van der Waals surface area contributed by atoms with Gasteiger partial charge in [-0.2, -0.15) is 0 Å². The SMILES string of the molecule is CC1(c2ccc(F)cc2)NC(=S)NC1c1ccc(F)cc1. The Morgan fingerprint density at radius 3 is 2.05 bits per heavy atom. The predicted molar refractivity (Wildman–Crippen MR) is 81.8 cm³/mol. The molecule has 0 spiro atoms. The summed E-state index contributed by atoms with van der Waals surface area (Å²) in [5.41, 5.74) is 1.30. The molecule has 2 unspecified atom stereocenters. The Balaban J connectivity index is 2.04. The number of nitrogens with one attached hydrogen (secondary N) is 2. The van der Waals surface area contributed by atoms with Gasteiger partial charge in [-0.15, -0.1) is 0 Å². The molecular formula is C16H14F2N2S. The molecule has 3 rings (SSSR count). The average molecular weight is 304 g/mol.